The van der Waals surface area contributed by atoms with Gasteiger partial charge >= 0.3 is 5.97 Å². The molecule has 2 aromatic carbocycles. The van der Waals surface area contributed by atoms with Gasteiger partial charge in [0, 0.05) is 17.0 Å². The first kappa shape index (κ1) is 23.1. The van der Waals surface area contributed by atoms with Gasteiger partial charge in [0.25, 0.3) is 5.91 Å². The molecule has 8 nitrogen and oxygen atoms in total. The predicted molar refractivity (Wildman–Crippen MR) is 122 cm³/mol. The van der Waals surface area contributed by atoms with Crippen molar-refractivity contribution in [1.82, 2.24) is 4.98 Å². The molecule has 3 aromatic rings. The van der Waals surface area contributed by atoms with E-state index in [1.54, 1.807) is 30.7 Å². The summed E-state index contributed by atoms with van der Waals surface area (Å²) in [6.45, 7) is 4.18. The fraction of sp³-hybridized carbons (Fsp3) is 0.261. The number of benzene rings is 2. The van der Waals surface area contributed by atoms with E-state index >= 15 is 0 Å². The standard InChI is InChI=1S/C23H24N2O6S/c1-4-29-17-10-11-20(30-5-2)18(12-17)24-21(26)13-31-23(27)19-14-32-22(25-19)15-6-8-16(28-3)9-7-15/h6-12,14H,4-5,13H2,1-3H3,(H,24,26). The number of nitrogens with one attached hydrogen (secondary N) is 1. The van der Waals surface area contributed by atoms with Gasteiger partial charge in [-0.05, 0) is 50.2 Å². The van der Waals surface area contributed by atoms with Crippen molar-refractivity contribution in [3.63, 3.8) is 0 Å². The molecule has 1 heterocycles. The minimum Gasteiger partial charge on any atom is -0.497 e. The number of hydrogen-bond donors (Lipinski definition) is 1. The van der Waals surface area contributed by atoms with Crippen LogP contribution in [0, 0.1) is 0 Å². The summed E-state index contributed by atoms with van der Waals surface area (Å²) in [6, 6.07) is 12.5. The van der Waals surface area contributed by atoms with Gasteiger partial charge in [-0.25, -0.2) is 9.78 Å². The summed E-state index contributed by atoms with van der Waals surface area (Å²) in [5, 5.41) is 4.95. The summed E-state index contributed by atoms with van der Waals surface area (Å²) in [7, 11) is 1.59. The number of esters is 1. The molecule has 1 aromatic heterocycles. The molecule has 3 rings (SSSR count). The van der Waals surface area contributed by atoms with Gasteiger partial charge in [0.05, 0.1) is 26.0 Å². The SMILES string of the molecule is CCOc1ccc(OCC)c(NC(=O)COC(=O)c2csc(-c3ccc(OC)cc3)n2)c1. The van der Waals surface area contributed by atoms with Crippen LogP contribution in [0.4, 0.5) is 5.69 Å². The summed E-state index contributed by atoms with van der Waals surface area (Å²) in [5.41, 5.74) is 1.43. The van der Waals surface area contributed by atoms with Crippen molar-refractivity contribution < 1.29 is 28.5 Å². The van der Waals surface area contributed by atoms with Crippen LogP contribution >= 0.6 is 11.3 Å². The van der Waals surface area contributed by atoms with Crippen molar-refractivity contribution in [3.8, 4) is 27.8 Å². The van der Waals surface area contributed by atoms with E-state index in [2.05, 4.69) is 10.3 Å². The van der Waals surface area contributed by atoms with Crippen molar-refractivity contribution in [2.24, 2.45) is 0 Å². The lowest BCUT2D eigenvalue weighted by atomic mass is 10.2. The summed E-state index contributed by atoms with van der Waals surface area (Å²) in [5.74, 6) is 0.647. The van der Waals surface area contributed by atoms with Crippen LogP contribution in [0.5, 0.6) is 17.2 Å². The number of amides is 1. The molecule has 0 aliphatic carbocycles. The van der Waals surface area contributed by atoms with E-state index in [0.717, 1.165) is 11.3 Å². The van der Waals surface area contributed by atoms with Gasteiger partial charge in [-0.15, -0.1) is 11.3 Å². The van der Waals surface area contributed by atoms with E-state index in [4.69, 9.17) is 18.9 Å². The van der Waals surface area contributed by atoms with Crippen LogP contribution in [0.2, 0.25) is 0 Å². The highest BCUT2D eigenvalue weighted by Crippen LogP contribution is 2.29. The molecule has 0 radical (unpaired) electrons. The monoisotopic (exact) mass is 456 g/mol. The number of rotatable bonds is 10. The summed E-state index contributed by atoms with van der Waals surface area (Å²) in [4.78, 5) is 29.0. The van der Waals surface area contributed by atoms with Crippen molar-refractivity contribution >= 4 is 28.9 Å². The fourth-order valence-electron chi connectivity index (χ4n) is 2.77. The molecule has 0 bridgehead atoms. The number of nitrogens with zero attached hydrogens (tertiary/aromatic N) is 1. The molecule has 168 valence electrons. The highest BCUT2D eigenvalue weighted by Gasteiger charge is 2.16. The van der Waals surface area contributed by atoms with Gasteiger partial charge in [0.15, 0.2) is 12.3 Å². The van der Waals surface area contributed by atoms with Crippen LogP contribution in [0.1, 0.15) is 24.3 Å². The Kier molecular flexibility index (Phi) is 8.04. The van der Waals surface area contributed by atoms with Crippen LogP contribution in [-0.2, 0) is 9.53 Å². The van der Waals surface area contributed by atoms with Crippen molar-refractivity contribution in [2.75, 3.05) is 32.2 Å². The number of methoxy groups -OCH3 is 1. The molecule has 32 heavy (non-hydrogen) atoms. The maximum absolute atomic E-state index is 12.3. The molecular weight excluding hydrogens is 432 g/mol. The average molecular weight is 457 g/mol. The molecule has 0 fully saturated rings. The van der Waals surface area contributed by atoms with E-state index in [0.29, 0.717) is 35.4 Å². The normalized spacial score (nSPS) is 10.3. The molecule has 0 atom stereocenters. The van der Waals surface area contributed by atoms with Crippen LogP contribution in [0.3, 0.4) is 0 Å². The molecule has 0 saturated carbocycles. The van der Waals surface area contributed by atoms with Crippen LogP contribution in [-0.4, -0.2) is 43.8 Å². The second kappa shape index (κ2) is 11.1. The Morgan fingerprint density at radius 3 is 2.41 bits per heavy atom. The first-order valence-electron chi connectivity index (χ1n) is 10.0. The smallest absolute Gasteiger partial charge is 0.358 e. The molecule has 9 heteroatoms. The van der Waals surface area contributed by atoms with Crippen LogP contribution in [0.15, 0.2) is 47.8 Å². The van der Waals surface area contributed by atoms with Crippen molar-refractivity contribution in [1.29, 1.82) is 0 Å². The lowest BCUT2D eigenvalue weighted by molar-refractivity contribution is -0.119. The third-order valence-corrected chi connectivity index (χ3v) is 5.11. The quantitative estimate of drug-likeness (QED) is 0.451. The first-order chi connectivity index (χ1) is 15.5. The molecular formula is C23H24N2O6S. The zero-order chi connectivity index (χ0) is 22.9. The van der Waals surface area contributed by atoms with Crippen molar-refractivity contribution in [3.05, 3.63) is 53.5 Å². The van der Waals surface area contributed by atoms with Crippen molar-refractivity contribution in [2.45, 2.75) is 13.8 Å². The molecule has 1 N–H and O–H groups in total. The molecule has 0 unspecified atom stereocenters. The maximum Gasteiger partial charge on any atom is 0.358 e. The predicted octanol–water partition coefficient (Wildman–Crippen LogP) is 4.41. The summed E-state index contributed by atoms with van der Waals surface area (Å²) < 4.78 is 21.3. The Morgan fingerprint density at radius 2 is 1.72 bits per heavy atom. The third kappa shape index (κ3) is 5.98. The number of ether oxygens (including phenoxy) is 4. The Balaban J connectivity index is 1.60. The number of aromatic nitrogens is 1. The Morgan fingerprint density at radius 1 is 1.00 bits per heavy atom. The zero-order valence-electron chi connectivity index (χ0n) is 18.0. The minimum absolute atomic E-state index is 0.141. The van der Waals surface area contributed by atoms with Gasteiger partial charge in [-0.3, -0.25) is 4.79 Å². The topological polar surface area (TPSA) is 96.0 Å². The number of hydrogen-bond acceptors (Lipinski definition) is 8. The lowest BCUT2D eigenvalue weighted by Gasteiger charge is -2.13. The van der Waals surface area contributed by atoms with Gasteiger partial charge < -0.3 is 24.3 Å². The minimum atomic E-state index is -0.677. The number of carbonyl (C=O) groups excluding carboxylic acids is 2. The number of carbonyl (C=O) groups is 2. The molecule has 0 spiro atoms. The summed E-state index contributed by atoms with van der Waals surface area (Å²) >= 11 is 1.31. The first-order valence-corrected chi connectivity index (χ1v) is 10.9. The Labute approximate surface area is 190 Å². The van der Waals surface area contributed by atoms with Crippen LogP contribution in [0.25, 0.3) is 10.6 Å². The average Bonchev–Trinajstić information content (AvgIpc) is 3.30. The van der Waals surface area contributed by atoms with E-state index in [9.17, 15) is 9.59 Å². The van der Waals surface area contributed by atoms with Gasteiger partial charge in [0.1, 0.15) is 22.3 Å². The Hall–Kier alpha value is -3.59. The van der Waals surface area contributed by atoms with E-state index in [-0.39, 0.29) is 5.69 Å². The lowest BCUT2D eigenvalue weighted by Crippen LogP contribution is -2.21. The van der Waals surface area contributed by atoms with Gasteiger partial charge in [-0.2, -0.15) is 0 Å². The molecule has 0 aliphatic heterocycles. The molecule has 1 amide bonds. The highest BCUT2D eigenvalue weighted by molar-refractivity contribution is 7.13. The second-order valence-corrected chi connectivity index (χ2v) is 7.27. The number of thiazole rings is 1. The van der Waals surface area contributed by atoms with E-state index in [1.807, 2.05) is 38.1 Å². The fourth-order valence-corrected chi connectivity index (χ4v) is 3.57. The van der Waals surface area contributed by atoms with Gasteiger partial charge in [-0.1, -0.05) is 0 Å². The molecule has 0 saturated heterocycles. The Bertz CT molecular complexity index is 1060. The third-order valence-electron chi connectivity index (χ3n) is 4.22. The summed E-state index contributed by atoms with van der Waals surface area (Å²) in [6.07, 6.45) is 0. The number of anilines is 1. The zero-order valence-corrected chi connectivity index (χ0v) is 18.9. The van der Waals surface area contributed by atoms with Gasteiger partial charge in [0.2, 0.25) is 0 Å². The largest absolute Gasteiger partial charge is 0.497 e. The van der Waals surface area contributed by atoms with E-state index in [1.165, 1.54) is 11.3 Å². The second-order valence-electron chi connectivity index (χ2n) is 6.41. The molecule has 0 aliphatic rings. The maximum atomic E-state index is 12.3. The van der Waals surface area contributed by atoms with E-state index < -0.39 is 18.5 Å². The highest BCUT2D eigenvalue weighted by atomic mass is 32.1. The van der Waals surface area contributed by atoms with Crippen LogP contribution < -0.4 is 19.5 Å².